The van der Waals surface area contributed by atoms with Crippen LogP contribution in [0.15, 0.2) is 84.9 Å². The van der Waals surface area contributed by atoms with Gasteiger partial charge in [0.25, 0.3) is 0 Å². The van der Waals surface area contributed by atoms with Crippen LogP contribution in [0.1, 0.15) is 44.7 Å². The molecule has 0 radical (unpaired) electrons. The molecule has 0 spiro atoms. The van der Waals surface area contributed by atoms with Crippen molar-refractivity contribution in [2.75, 3.05) is 54.5 Å². The molecule has 0 aromatic heterocycles. The number of benzene rings is 3. The highest BCUT2D eigenvalue weighted by Crippen LogP contribution is 2.15. The quantitative estimate of drug-likeness (QED) is 0.164. The summed E-state index contributed by atoms with van der Waals surface area (Å²) >= 11 is 0. The topological polar surface area (TPSA) is 52.6 Å². The molecule has 0 unspecified atom stereocenters. The Morgan fingerprint density at radius 3 is 1.24 bits per heavy atom. The molecule has 0 N–H and O–H groups in total. The largest absolute Gasteiger partial charge is 0.462 e. The van der Waals surface area contributed by atoms with Crippen LogP contribution in [0.3, 0.4) is 0 Å². The summed E-state index contributed by atoms with van der Waals surface area (Å²) in [5.74, 6) is -0.526. The van der Waals surface area contributed by atoms with Gasteiger partial charge >= 0.3 is 11.9 Å². The fraction of sp³-hybridized carbons (Fsp3) is 0.375. The third-order valence-electron chi connectivity index (χ3n) is 6.55. The highest BCUT2D eigenvalue weighted by Gasteiger charge is 2.19. The van der Waals surface area contributed by atoms with Gasteiger partial charge in [0.05, 0.1) is 65.6 Å². The van der Waals surface area contributed by atoms with Gasteiger partial charge in [0, 0.05) is 24.0 Å². The number of nitrogens with zero attached hydrogens (tertiary/aromatic N) is 2. The fourth-order valence-corrected chi connectivity index (χ4v) is 4.53. The average Bonchev–Trinajstić information content (AvgIpc) is 2.90. The first-order chi connectivity index (χ1) is 18.1. The maximum atomic E-state index is 12.1. The predicted molar refractivity (Wildman–Crippen MR) is 150 cm³/mol. The number of carbonyl (C=O) groups is 2. The van der Waals surface area contributed by atoms with E-state index >= 15 is 0 Å². The van der Waals surface area contributed by atoms with Crippen molar-refractivity contribution in [1.29, 1.82) is 0 Å². The number of hydrogen-bond donors (Lipinski definition) is 0. The lowest BCUT2D eigenvalue weighted by atomic mass is 10.1. The van der Waals surface area contributed by atoms with Crippen LogP contribution in [0.2, 0.25) is 0 Å². The van der Waals surface area contributed by atoms with Crippen LogP contribution in [0.25, 0.3) is 0 Å². The Balaban J connectivity index is 1.36. The Bertz CT molecular complexity index is 1050. The van der Waals surface area contributed by atoms with E-state index in [1.807, 2.05) is 36.4 Å². The zero-order chi connectivity index (χ0) is 27.4. The van der Waals surface area contributed by atoms with Gasteiger partial charge in [-0.1, -0.05) is 60.7 Å². The van der Waals surface area contributed by atoms with Crippen molar-refractivity contribution < 1.29 is 28.0 Å². The molecule has 6 nitrogen and oxygen atoms in total. The van der Waals surface area contributed by atoms with Crippen molar-refractivity contribution in [1.82, 2.24) is 0 Å². The molecular weight excluding hydrogens is 476 g/mol. The van der Waals surface area contributed by atoms with Crippen molar-refractivity contribution in [3.05, 3.63) is 107 Å². The first-order valence-corrected chi connectivity index (χ1v) is 13.3. The molecule has 0 aliphatic heterocycles. The van der Waals surface area contributed by atoms with E-state index in [1.54, 1.807) is 24.3 Å². The molecule has 202 valence electrons. The van der Waals surface area contributed by atoms with Gasteiger partial charge in [0.1, 0.15) is 13.1 Å². The summed E-state index contributed by atoms with van der Waals surface area (Å²) in [6, 6.07) is 27.1. The Labute approximate surface area is 227 Å². The Hall–Kier alpha value is -3.48. The van der Waals surface area contributed by atoms with Crippen molar-refractivity contribution in [2.24, 2.45) is 0 Å². The molecule has 0 fully saturated rings. The average molecular weight is 519 g/mol. The standard InChI is InChI=1S/C32H42N2O4/c1-33(2,21-11-23-37-31(35)29-13-7-5-8-14-29)25-27-17-19-28(20-18-27)26-34(3,4)22-12-24-38-32(36)30-15-9-6-10-16-30/h5-10,13-20H,11-12,21-26H2,1-4H3/q+2. The molecule has 0 amide bonds. The van der Waals surface area contributed by atoms with Crippen LogP contribution in [0, 0.1) is 0 Å². The van der Waals surface area contributed by atoms with E-state index in [4.69, 9.17) is 9.47 Å². The Morgan fingerprint density at radius 1 is 0.553 bits per heavy atom. The van der Waals surface area contributed by atoms with Crippen LogP contribution >= 0.6 is 0 Å². The highest BCUT2D eigenvalue weighted by molar-refractivity contribution is 5.89. The third kappa shape index (κ3) is 10.1. The van der Waals surface area contributed by atoms with Gasteiger partial charge in [-0.25, -0.2) is 9.59 Å². The van der Waals surface area contributed by atoms with Crippen LogP contribution in [0.5, 0.6) is 0 Å². The van der Waals surface area contributed by atoms with E-state index in [9.17, 15) is 9.59 Å². The van der Waals surface area contributed by atoms with E-state index in [0.717, 1.165) is 48.0 Å². The van der Waals surface area contributed by atoms with Crippen LogP contribution in [-0.4, -0.2) is 75.4 Å². The predicted octanol–water partition coefficient (Wildman–Crippen LogP) is 5.33. The van der Waals surface area contributed by atoms with E-state index in [2.05, 4.69) is 52.5 Å². The van der Waals surface area contributed by atoms with E-state index in [0.29, 0.717) is 24.3 Å². The summed E-state index contributed by atoms with van der Waals surface area (Å²) in [7, 11) is 8.82. The second-order valence-corrected chi connectivity index (χ2v) is 11.2. The lowest BCUT2D eigenvalue weighted by Gasteiger charge is -2.31. The number of ether oxygens (including phenoxy) is 2. The summed E-state index contributed by atoms with van der Waals surface area (Å²) in [4.78, 5) is 24.2. The summed E-state index contributed by atoms with van der Waals surface area (Å²) in [6.45, 7) is 4.51. The number of rotatable bonds is 14. The molecule has 0 aliphatic rings. The third-order valence-corrected chi connectivity index (χ3v) is 6.55. The molecule has 0 bridgehead atoms. The van der Waals surface area contributed by atoms with Crippen LogP contribution < -0.4 is 0 Å². The monoisotopic (exact) mass is 518 g/mol. The second kappa shape index (κ2) is 13.9. The molecule has 6 heteroatoms. The minimum atomic E-state index is -0.263. The van der Waals surface area contributed by atoms with Crippen molar-refractivity contribution in [2.45, 2.75) is 25.9 Å². The molecule has 3 rings (SSSR count). The molecule has 3 aromatic carbocycles. The van der Waals surface area contributed by atoms with E-state index in [-0.39, 0.29) is 11.9 Å². The summed E-state index contributed by atoms with van der Waals surface area (Å²) in [5.41, 5.74) is 3.76. The minimum Gasteiger partial charge on any atom is -0.462 e. The number of carbonyl (C=O) groups excluding carboxylic acids is 2. The highest BCUT2D eigenvalue weighted by atomic mass is 16.5. The molecule has 3 aromatic rings. The maximum Gasteiger partial charge on any atom is 0.338 e. The number of hydrogen-bond acceptors (Lipinski definition) is 4. The SMILES string of the molecule is C[N+](C)(CCCOC(=O)c1ccccc1)Cc1ccc(C[N+](C)(C)CCCOC(=O)c2ccccc2)cc1. The Kier molecular flexibility index (Phi) is 10.6. The zero-order valence-electron chi connectivity index (χ0n) is 23.3. The van der Waals surface area contributed by atoms with E-state index in [1.165, 1.54) is 11.1 Å². The molecule has 0 atom stereocenters. The van der Waals surface area contributed by atoms with Gasteiger partial charge in [-0.2, -0.15) is 0 Å². The number of esters is 2. The molecule has 0 heterocycles. The molecule has 38 heavy (non-hydrogen) atoms. The minimum absolute atomic E-state index is 0.263. The summed E-state index contributed by atoms with van der Waals surface area (Å²) in [6.07, 6.45) is 1.63. The van der Waals surface area contributed by atoms with Gasteiger partial charge in [0.2, 0.25) is 0 Å². The van der Waals surface area contributed by atoms with Crippen molar-refractivity contribution >= 4 is 11.9 Å². The number of quaternary nitrogens is 2. The lowest BCUT2D eigenvalue weighted by molar-refractivity contribution is -0.904. The first kappa shape index (κ1) is 29.1. The van der Waals surface area contributed by atoms with Gasteiger partial charge in [-0.15, -0.1) is 0 Å². The van der Waals surface area contributed by atoms with Crippen LogP contribution in [-0.2, 0) is 22.6 Å². The van der Waals surface area contributed by atoms with Gasteiger partial charge in [-0.3, -0.25) is 0 Å². The van der Waals surface area contributed by atoms with Crippen LogP contribution in [0.4, 0.5) is 0 Å². The molecular formula is C32H42N2O4+2. The van der Waals surface area contributed by atoms with Gasteiger partial charge < -0.3 is 18.4 Å². The smallest absolute Gasteiger partial charge is 0.338 e. The van der Waals surface area contributed by atoms with E-state index < -0.39 is 0 Å². The fourth-order valence-electron chi connectivity index (χ4n) is 4.53. The first-order valence-electron chi connectivity index (χ1n) is 13.3. The molecule has 0 saturated heterocycles. The van der Waals surface area contributed by atoms with Gasteiger partial charge in [0.15, 0.2) is 0 Å². The maximum absolute atomic E-state index is 12.1. The zero-order valence-corrected chi connectivity index (χ0v) is 23.3. The lowest BCUT2D eigenvalue weighted by Crippen LogP contribution is -2.40. The molecule has 0 aliphatic carbocycles. The molecule has 0 saturated carbocycles. The van der Waals surface area contributed by atoms with Crippen molar-refractivity contribution in [3.63, 3.8) is 0 Å². The summed E-state index contributed by atoms with van der Waals surface area (Å²) < 4.78 is 12.5. The van der Waals surface area contributed by atoms with Crippen molar-refractivity contribution in [3.8, 4) is 0 Å². The Morgan fingerprint density at radius 2 is 0.895 bits per heavy atom. The summed E-state index contributed by atoms with van der Waals surface area (Å²) in [5, 5.41) is 0. The van der Waals surface area contributed by atoms with Gasteiger partial charge in [-0.05, 0) is 24.3 Å². The second-order valence-electron chi connectivity index (χ2n) is 11.2. The normalized spacial score (nSPS) is 11.7.